The highest BCUT2D eigenvalue weighted by Gasteiger charge is 2.28. The number of hydrogen-bond donors (Lipinski definition) is 2. The summed E-state index contributed by atoms with van der Waals surface area (Å²) in [5, 5.41) is 20.7. The molecule has 2 N–H and O–H groups in total. The van der Waals surface area contributed by atoms with Crippen LogP contribution in [0.4, 0.5) is 0 Å². The molecule has 1 aliphatic rings. The van der Waals surface area contributed by atoms with Crippen LogP contribution in [-0.2, 0) is 11.2 Å². The number of halogens is 1. The molecule has 0 radical (unpaired) electrons. The molecule has 2 rings (SSSR count). The van der Waals surface area contributed by atoms with E-state index in [1.165, 1.54) is 0 Å². The Labute approximate surface area is 112 Å². The van der Waals surface area contributed by atoms with E-state index in [0.717, 1.165) is 18.5 Å². The molecular weight excluding hydrogens is 252 g/mol. The number of carboxylic acids is 1. The van der Waals surface area contributed by atoms with Crippen LogP contribution in [0.1, 0.15) is 17.5 Å². The van der Waals surface area contributed by atoms with E-state index < -0.39 is 12.0 Å². The zero-order valence-corrected chi connectivity index (χ0v) is 10.6. The van der Waals surface area contributed by atoms with Gasteiger partial charge in [0.15, 0.2) is 0 Å². The molecule has 2 atom stereocenters. The second-order valence-corrected chi connectivity index (χ2v) is 4.42. The van der Waals surface area contributed by atoms with E-state index >= 15 is 0 Å². The second kappa shape index (κ2) is 6.39. The number of nitriles is 1. The maximum Gasteiger partial charge on any atom is 0.320 e. The molecule has 0 spiro atoms. The minimum atomic E-state index is -0.779. The van der Waals surface area contributed by atoms with Crippen LogP contribution >= 0.6 is 12.4 Å². The first-order chi connectivity index (χ1) is 8.19. The molecule has 4 nitrogen and oxygen atoms in total. The molecule has 1 aromatic carbocycles. The van der Waals surface area contributed by atoms with E-state index in [-0.39, 0.29) is 12.4 Å². The molecule has 96 valence electrons. The summed E-state index contributed by atoms with van der Waals surface area (Å²) in [4.78, 5) is 10.8. The number of rotatable bonds is 3. The smallest absolute Gasteiger partial charge is 0.320 e. The summed E-state index contributed by atoms with van der Waals surface area (Å²) >= 11 is 0. The average Bonchev–Trinajstić information content (AvgIpc) is 2.78. The highest BCUT2D eigenvalue weighted by atomic mass is 35.5. The van der Waals surface area contributed by atoms with Crippen LogP contribution < -0.4 is 5.32 Å². The normalized spacial score (nSPS) is 21.9. The molecule has 1 heterocycles. The third kappa shape index (κ3) is 3.46. The quantitative estimate of drug-likeness (QED) is 0.871. The minimum absolute atomic E-state index is 0. The lowest BCUT2D eigenvalue weighted by Crippen LogP contribution is -2.29. The Kier molecular flexibility index (Phi) is 5.14. The fourth-order valence-corrected chi connectivity index (χ4v) is 2.25. The minimum Gasteiger partial charge on any atom is -0.480 e. The number of carbonyl (C=O) groups is 1. The summed E-state index contributed by atoms with van der Waals surface area (Å²) in [6.07, 6.45) is 1.48. The Hall–Kier alpha value is -1.57. The molecule has 1 aromatic rings. The third-order valence-corrected chi connectivity index (χ3v) is 3.10. The standard InChI is InChI=1S/C13H14N2O2.ClH/c14-7-10-3-1-2-9(4-10)5-11-6-12(13(16)17)15-8-11;/h1-4,11-12,15H,5-6,8H2,(H,16,17);1H/t11-,12+;/m1./s1. The zero-order chi connectivity index (χ0) is 12.3. The van der Waals surface area contributed by atoms with Gasteiger partial charge in [-0.15, -0.1) is 12.4 Å². The van der Waals surface area contributed by atoms with Crippen molar-refractivity contribution in [3.63, 3.8) is 0 Å². The van der Waals surface area contributed by atoms with Gasteiger partial charge in [0.2, 0.25) is 0 Å². The van der Waals surface area contributed by atoms with Gasteiger partial charge in [-0.1, -0.05) is 12.1 Å². The Balaban J connectivity index is 0.00000162. The van der Waals surface area contributed by atoms with Crippen LogP contribution in [0, 0.1) is 17.2 Å². The molecular formula is C13H15ClN2O2. The predicted octanol–water partition coefficient (Wildman–Crippen LogP) is 1.59. The summed E-state index contributed by atoms with van der Waals surface area (Å²) in [5.74, 6) is -0.441. The molecule has 0 aliphatic carbocycles. The van der Waals surface area contributed by atoms with Crippen molar-refractivity contribution in [2.45, 2.75) is 18.9 Å². The van der Waals surface area contributed by atoms with Crippen molar-refractivity contribution < 1.29 is 9.90 Å². The van der Waals surface area contributed by atoms with Crippen molar-refractivity contribution in [2.75, 3.05) is 6.54 Å². The lowest BCUT2D eigenvalue weighted by Gasteiger charge is -2.08. The van der Waals surface area contributed by atoms with Gasteiger partial charge in [0, 0.05) is 0 Å². The van der Waals surface area contributed by atoms with E-state index in [1.54, 1.807) is 6.07 Å². The maximum atomic E-state index is 10.8. The van der Waals surface area contributed by atoms with Gasteiger partial charge in [-0.3, -0.25) is 4.79 Å². The maximum absolute atomic E-state index is 10.8. The Morgan fingerprint density at radius 3 is 2.94 bits per heavy atom. The summed E-state index contributed by atoms with van der Waals surface area (Å²) in [6.45, 7) is 0.730. The first-order valence-corrected chi connectivity index (χ1v) is 5.64. The number of nitrogens with zero attached hydrogens (tertiary/aromatic N) is 1. The molecule has 0 aromatic heterocycles. The lowest BCUT2D eigenvalue weighted by atomic mass is 9.96. The van der Waals surface area contributed by atoms with Gasteiger partial charge >= 0.3 is 5.97 Å². The SMILES string of the molecule is Cl.N#Cc1cccc(C[C@H]2CN[C@H](C(=O)O)C2)c1. The molecule has 0 unspecified atom stereocenters. The van der Waals surface area contributed by atoms with E-state index in [0.29, 0.717) is 17.9 Å². The fourth-order valence-electron chi connectivity index (χ4n) is 2.25. The van der Waals surface area contributed by atoms with Gasteiger partial charge in [0.25, 0.3) is 0 Å². The highest BCUT2D eigenvalue weighted by Crippen LogP contribution is 2.19. The molecule has 0 saturated carbocycles. The molecule has 0 amide bonds. The third-order valence-electron chi connectivity index (χ3n) is 3.10. The summed E-state index contributed by atoms with van der Waals surface area (Å²) in [5.41, 5.74) is 1.75. The average molecular weight is 267 g/mol. The first kappa shape index (κ1) is 14.5. The van der Waals surface area contributed by atoms with E-state index in [2.05, 4.69) is 11.4 Å². The highest BCUT2D eigenvalue weighted by molar-refractivity contribution is 5.85. The van der Waals surface area contributed by atoms with E-state index in [4.69, 9.17) is 10.4 Å². The fraction of sp³-hybridized carbons (Fsp3) is 0.385. The molecule has 1 fully saturated rings. The van der Waals surface area contributed by atoms with Crippen LogP contribution in [0.3, 0.4) is 0 Å². The van der Waals surface area contributed by atoms with Crippen LogP contribution in [0.2, 0.25) is 0 Å². The monoisotopic (exact) mass is 266 g/mol. The topological polar surface area (TPSA) is 73.1 Å². The predicted molar refractivity (Wildman–Crippen MR) is 69.6 cm³/mol. The van der Waals surface area contributed by atoms with Crippen molar-refractivity contribution in [2.24, 2.45) is 5.92 Å². The van der Waals surface area contributed by atoms with Crippen molar-refractivity contribution in [1.29, 1.82) is 5.26 Å². The Bertz CT molecular complexity index is 470. The molecule has 1 aliphatic heterocycles. The first-order valence-electron chi connectivity index (χ1n) is 5.64. The van der Waals surface area contributed by atoms with E-state index in [1.807, 2.05) is 18.2 Å². The number of benzene rings is 1. The zero-order valence-electron chi connectivity index (χ0n) is 9.80. The van der Waals surface area contributed by atoms with Crippen molar-refractivity contribution in [3.05, 3.63) is 35.4 Å². The van der Waals surface area contributed by atoms with Crippen molar-refractivity contribution in [3.8, 4) is 6.07 Å². The van der Waals surface area contributed by atoms with Crippen molar-refractivity contribution in [1.82, 2.24) is 5.32 Å². The van der Waals surface area contributed by atoms with Gasteiger partial charge in [-0.2, -0.15) is 5.26 Å². The largest absolute Gasteiger partial charge is 0.480 e. The number of hydrogen-bond acceptors (Lipinski definition) is 3. The van der Waals surface area contributed by atoms with Crippen molar-refractivity contribution >= 4 is 18.4 Å². The second-order valence-electron chi connectivity index (χ2n) is 4.42. The summed E-state index contributed by atoms with van der Waals surface area (Å²) in [7, 11) is 0. The Morgan fingerprint density at radius 1 is 1.56 bits per heavy atom. The van der Waals surface area contributed by atoms with Crippen LogP contribution in [0.25, 0.3) is 0 Å². The molecule has 1 saturated heterocycles. The number of nitrogens with one attached hydrogen (secondary N) is 1. The van der Waals surface area contributed by atoms with Crippen LogP contribution in [0.5, 0.6) is 0 Å². The summed E-state index contributed by atoms with van der Waals surface area (Å²) < 4.78 is 0. The van der Waals surface area contributed by atoms with Gasteiger partial charge in [-0.25, -0.2) is 0 Å². The molecule has 0 bridgehead atoms. The van der Waals surface area contributed by atoms with Crippen LogP contribution in [-0.4, -0.2) is 23.7 Å². The summed E-state index contributed by atoms with van der Waals surface area (Å²) in [6, 6.07) is 9.18. The molecule has 5 heteroatoms. The molecule has 18 heavy (non-hydrogen) atoms. The van der Waals surface area contributed by atoms with E-state index in [9.17, 15) is 4.79 Å². The lowest BCUT2D eigenvalue weighted by molar-refractivity contribution is -0.139. The number of aliphatic carboxylic acids is 1. The van der Waals surface area contributed by atoms with Gasteiger partial charge in [0.1, 0.15) is 6.04 Å². The van der Waals surface area contributed by atoms with Crippen LogP contribution in [0.15, 0.2) is 24.3 Å². The van der Waals surface area contributed by atoms with Gasteiger partial charge < -0.3 is 10.4 Å². The van der Waals surface area contributed by atoms with Gasteiger partial charge in [0.05, 0.1) is 11.6 Å². The Morgan fingerprint density at radius 2 is 2.33 bits per heavy atom. The number of carboxylic acid groups (broad SMARTS) is 1. The van der Waals surface area contributed by atoms with Gasteiger partial charge in [-0.05, 0) is 43.0 Å².